The molecule has 2 amide bonds. The third kappa shape index (κ3) is 4.76. The molecule has 0 spiro atoms. The zero-order valence-corrected chi connectivity index (χ0v) is 15.9. The van der Waals surface area contributed by atoms with E-state index in [1.807, 2.05) is 42.2 Å². The number of para-hydroxylation sites is 2. The van der Waals surface area contributed by atoms with Crippen molar-refractivity contribution in [2.75, 3.05) is 23.7 Å². The number of nitrogens with zero attached hydrogens (tertiary/aromatic N) is 2. The van der Waals surface area contributed by atoms with Crippen molar-refractivity contribution in [1.82, 2.24) is 4.90 Å². The molecule has 2 aromatic carbocycles. The van der Waals surface area contributed by atoms with Crippen molar-refractivity contribution < 1.29 is 9.59 Å². The summed E-state index contributed by atoms with van der Waals surface area (Å²) in [6.07, 6.45) is 1.67. The Morgan fingerprint density at radius 1 is 1.11 bits per heavy atom. The van der Waals surface area contributed by atoms with Gasteiger partial charge in [-0.05, 0) is 50.6 Å². The van der Waals surface area contributed by atoms with E-state index in [1.165, 1.54) is 0 Å². The van der Waals surface area contributed by atoms with Gasteiger partial charge in [-0.3, -0.25) is 14.5 Å². The van der Waals surface area contributed by atoms with E-state index in [1.54, 1.807) is 24.3 Å². The molecule has 2 atom stereocenters. The van der Waals surface area contributed by atoms with Gasteiger partial charge in [-0.15, -0.1) is 0 Å². The average molecular weight is 376 g/mol. The molecule has 1 aliphatic heterocycles. The van der Waals surface area contributed by atoms with Crippen LogP contribution < -0.4 is 10.6 Å². The van der Waals surface area contributed by atoms with Crippen molar-refractivity contribution >= 4 is 23.2 Å². The second-order valence-electron chi connectivity index (χ2n) is 7.01. The molecular weight excluding hydrogens is 352 g/mol. The molecule has 0 bridgehead atoms. The number of nitriles is 1. The number of carbonyl (C=O) groups is 2. The maximum absolute atomic E-state index is 12.7. The Labute approximate surface area is 165 Å². The lowest BCUT2D eigenvalue weighted by molar-refractivity contribution is -0.125. The smallest absolute Gasteiger partial charge is 0.241 e. The quantitative estimate of drug-likeness (QED) is 0.839. The number of hydrogen-bond acceptors (Lipinski definition) is 4. The van der Waals surface area contributed by atoms with Crippen molar-refractivity contribution in [3.63, 3.8) is 0 Å². The number of anilines is 2. The summed E-state index contributed by atoms with van der Waals surface area (Å²) in [7, 11) is 0. The second-order valence-corrected chi connectivity index (χ2v) is 7.01. The summed E-state index contributed by atoms with van der Waals surface area (Å²) in [6, 6.07) is 18.0. The Morgan fingerprint density at radius 2 is 1.82 bits per heavy atom. The molecule has 0 unspecified atom stereocenters. The molecule has 1 saturated heterocycles. The molecule has 0 aromatic heterocycles. The molecule has 1 fully saturated rings. The Kier molecular flexibility index (Phi) is 6.41. The van der Waals surface area contributed by atoms with Gasteiger partial charge in [0.2, 0.25) is 11.8 Å². The molecule has 28 heavy (non-hydrogen) atoms. The van der Waals surface area contributed by atoms with Crippen LogP contribution in [0.4, 0.5) is 11.4 Å². The monoisotopic (exact) mass is 376 g/mol. The largest absolute Gasteiger partial charge is 0.326 e. The maximum atomic E-state index is 12.7. The van der Waals surface area contributed by atoms with Gasteiger partial charge in [-0.2, -0.15) is 5.26 Å². The van der Waals surface area contributed by atoms with E-state index in [4.69, 9.17) is 0 Å². The van der Waals surface area contributed by atoms with Gasteiger partial charge >= 0.3 is 0 Å². The zero-order chi connectivity index (χ0) is 19.9. The van der Waals surface area contributed by atoms with Crippen molar-refractivity contribution in [3.8, 4) is 6.07 Å². The Hall–Kier alpha value is -3.17. The highest BCUT2D eigenvalue weighted by molar-refractivity contribution is 5.96. The lowest BCUT2D eigenvalue weighted by atomic mass is 9.95. The summed E-state index contributed by atoms with van der Waals surface area (Å²) in [5.74, 6) is -0.347. The summed E-state index contributed by atoms with van der Waals surface area (Å²) >= 11 is 0. The summed E-state index contributed by atoms with van der Waals surface area (Å²) in [5, 5.41) is 15.0. The fourth-order valence-corrected chi connectivity index (χ4v) is 3.43. The normalized spacial score (nSPS) is 17.9. The van der Waals surface area contributed by atoms with Crippen molar-refractivity contribution in [2.24, 2.45) is 5.92 Å². The zero-order valence-electron chi connectivity index (χ0n) is 15.9. The van der Waals surface area contributed by atoms with E-state index >= 15 is 0 Å². The highest BCUT2D eigenvalue weighted by atomic mass is 16.2. The minimum atomic E-state index is -0.390. The molecule has 6 nitrogen and oxygen atoms in total. The summed E-state index contributed by atoms with van der Waals surface area (Å²) in [6.45, 7) is 3.14. The van der Waals surface area contributed by atoms with Crippen molar-refractivity contribution in [1.29, 1.82) is 5.26 Å². The molecule has 0 aliphatic carbocycles. The number of carbonyl (C=O) groups excluding carboxylic acids is 2. The molecule has 0 saturated carbocycles. The van der Waals surface area contributed by atoms with Gasteiger partial charge in [0.05, 0.1) is 23.2 Å². The summed E-state index contributed by atoms with van der Waals surface area (Å²) in [5.41, 5.74) is 1.72. The first-order valence-electron chi connectivity index (χ1n) is 9.48. The predicted molar refractivity (Wildman–Crippen MR) is 109 cm³/mol. The topological polar surface area (TPSA) is 85.2 Å². The SMILES string of the molecule is C[C@H](C(=O)Nc1ccccc1C#N)N1CCC[C@H](C(=O)Nc2ccccc2)C1. The number of nitrogens with one attached hydrogen (secondary N) is 2. The average Bonchev–Trinajstić information content (AvgIpc) is 2.74. The minimum absolute atomic E-state index is 0.0154. The third-order valence-corrected chi connectivity index (χ3v) is 5.10. The van der Waals surface area contributed by atoms with Gasteiger partial charge in [0.1, 0.15) is 6.07 Å². The number of benzene rings is 2. The van der Waals surface area contributed by atoms with Crippen LogP contribution in [0.5, 0.6) is 0 Å². The fourth-order valence-electron chi connectivity index (χ4n) is 3.43. The first-order chi connectivity index (χ1) is 13.6. The van der Waals surface area contributed by atoms with E-state index in [-0.39, 0.29) is 23.8 Å². The molecule has 0 radical (unpaired) electrons. The van der Waals surface area contributed by atoms with Crippen molar-refractivity contribution in [2.45, 2.75) is 25.8 Å². The van der Waals surface area contributed by atoms with Gasteiger partial charge in [-0.1, -0.05) is 30.3 Å². The maximum Gasteiger partial charge on any atom is 0.241 e. The Bertz CT molecular complexity index is 876. The van der Waals surface area contributed by atoms with Crippen LogP contribution in [-0.2, 0) is 9.59 Å². The first-order valence-corrected chi connectivity index (χ1v) is 9.48. The number of amides is 2. The van der Waals surface area contributed by atoms with Gasteiger partial charge in [0.15, 0.2) is 0 Å². The highest BCUT2D eigenvalue weighted by Gasteiger charge is 2.31. The molecule has 2 aromatic rings. The number of likely N-dealkylation sites (tertiary alicyclic amines) is 1. The standard InChI is InChI=1S/C22H24N4O2/c1-16(21(27)25-20-12-6-5-8-17(20)14-23)26-13-7-9-18(15-26)22(28)24-19-10-3-2-4-11-19/h2-6,8,10-12,16,18H,7,9,13,15H2,1H3,(H,24,28)(H,25,27)/t16-,18+/m1/s1. The van der Waals surface area contributed by atoms with Gasteiger partial charge in [0, 0.05) is 12.2 Å². The van der Waals surface area contributed by atoms with Crippen LogP contribution >= 0.6 is 0 Å². The number of piperidine rings is 1. The van der Waals surface area contributed by atoms with Crippen LogP contribution in [0, 0.1) is 17.2 Å². The Morgan fingerprint density at radius 3 is 2.57 bits per heavy atom. The van der Waals surface area contributed by atoms with Crippen LogP contribution in [0.3, 0.4) is 0 Å². The van der Waals surface area contributed by atoms with Crippen LogP contribution in [-0.4, -0.2) is 35.8 Å². The fraction of sp³-hybridized carbons (Fsp3) is 0.318. The Balaban J connectivity index is 1.60. The van der Waals surface area contributed by atoms with Crippen LogP contribution in [0.2, 0.25) is 0 Å². The third-order valence-electron chi connectivity index (χ3n) is 5.10. The first kappa shape index (κ1) is 19.6. The van der Waals surface area contributed by atoms with E-state index in [0.717, 1.165) is 25.1 Å². The van der Waals surface area contributed by atoms with Crippen LogP contribution in [0.1, 0.15) is 25.3 Å². The summed E-state index contributed by atoms with van der Waals surface area (Å²) < 4.78 is 0. The molecule has 3 rings (SSSR count). The minimum Gasteiger partial charge on any atom is -0.326 e. The lowest BCUT2D eigenvalue weighted by Crippen LogP contribution is -2.49. The molecule has 1 aliphatic rings. The lowest BCUT2D eigenvalue weighted by Gasteiger charge is -2.35. The van der Waals surface area contributed by atoms with Gasteiger partial charge in [-0.25, -0.2) is 0 Å². The highest BCUT2D eigenvalue weighted by Crippen LogP contribution is 2.22. The van der Waals surface area contributed by atoms with Crippen LogP contribution in [0.15, 0.2) is 54.6 Å². The second kappa shape index (κ2) is 9.16. The molecular formula is C22H24N4O2. The van der Waals surface area contributed by atoms with Gasteiger partial charge < -0.3 is 10.6 Å². The molecule has 144 valence electrons. The van der Waals surface area contributed by atoms with E-state index in [9.17, 15) is 14.9 Å². The summed E-state index contributed by atoms with van der Waals surface area (Å²) in [4.78, 5) is 27.3. The van der Waals surface area contributed by atoms with E-state index in [2.05, 4.69) is 16.7 Å². The molecule has 6 heteroatoms. The van der Waals surface area contributed by atoms with Gasteiger partial charge in [0.25, 0.3) is 0 Å². The molecule has 2 N–H and O–H groups in total. The van der Waals surface area contributed by atoms with E-state index in [0.29, 0.717) is 17.8 Å². The number of rotatable bonds is 5. The van der Waals surface area contributed by atoms with Crippen LogP contribution in [0.25, 0.3) is 0 Å². The van der Waals surface area contributed by atoms with Crippen molar-refractivity contribution in [3.05, 3.63) is 60.2 Å². The molecule has 1 heterocycles. The predicted octanol–water partition coefficient (Wildman–Crippen LogP) is 3.24. The number of hydrogen-bond donors (Lipinski definition) is 2. The van der Waals surface area contributed by atoms with E-state index < -0.39 is 0 Å².